The summed E-state index contributed by atoms with van der Waals surface area (Å²) >= 11 is 7.36. The Hall–Kier alpha value is -2.57. The highest BCUT2D eigenvalue weighted by molar-refractivity contribution is 7.99. The summed E-state index contributed by atoms with van der Waals surface area (Å²) < 4.78 is 3.53. The fourth-order valence-corrected chi connectivity index (χ4v) is 4.05. The molecule has 7 heteroatoms. The molecule has 0 aliphatic heterocycles. The second kappa shape index (κ2) is 6.87. The Kier molecular flexibility index (Phi) is 4.53. The quantitative estimate of drug-likeness (QED) is 0.477. The van der Waals surface area contributed by atoms with Crippen LogP contribution in [-0.2, 0) is 0 Å². The molecule has 0 spiro atoms. The van der Waals surface area contributed by atoms with Crippen LogP contribution in [0.4, 0.5) is 0 Å². The molecule has 136 valence electrons. The Morgan fingerprint density at radius 1 is 1.19 bits per heavy atom. The van der Waals surface area contributed by atoms with E-state index in [9.17, 15) is 4.79 Å². The van der Waals surface area contributed by atoms with E-state index in [1.54, 1.807) is 4.57 Å². The number of benzene rings is 2. The maximum atomic E-state index is 13.3. The first-order chi connectivity index (χ1) is 13.0. The number of halogens is 1. The van der Waals surface area contributed by atoms with Crippen LogP contribution in [0.5, 0.6) is 0 Å². The van der Waals surface area contributed by atoms with Crippen molar-refractivity contribution in [2.75, 3.05) is 5.75 Å². The lowest BCUT2D eigenvalue weighted by Crippen LogP contribution is -2.22. The number of hydrogen-bond donors (Lipinski definition) is 0. The normalized spacial score (nSPS) is 11.4. The minimum absolute atomic E-state index is 0.115. The number of thioether (sulfide) groups is 1. The molecule has 0 N–H and O–H groups in total. The Morgan fingerprint density at radius 2 is 1.96 bits per heavy atom. The molecule has 0 bridgehead atoms. The van der Waals surface area contributed by atoms with Gasteiger partial charge in [-0.3, -0.25) is 9.20 Å². The molecule has 0 atom stereocenters. The van der Waals surface area contributed by atoms with E-state index in [1.807, 2.05) is 54.6 Å². The van der Waals surface area contributed by atoms with E-state index in [2.05, 4.69) is 22.8 Å². The van der Waals surface area contributed by atoms with E-state index in [0.717, 1.165) is 22.3 Å². The van der Waals surface area contributed by atoms with Gasteiger partial charge in [-0.2, -0.15) is 0 Å². The third-order valence-corrected chi connectivity index (χ3v) is 5.65. The molecule has 0 aliphatic rings. The van der Waals surface area contributed by atoms with Gasteiger partial charge in [0.05, 0.1) is 16.6 Å². The van der Waals surface area contributed by atoms with Crippen molar-refractivity contribution in [3.63, 3.8) is 0 Å². The van der Waals surface area contributed by atoms with E-state index in [4.69, 9.17) is 11.6 Å². The molecule has 0 radical (unpaired) electrons. The maximum Gasteiger partial charge on any atom is 0.267 e. The van der Waals surface area contributed by atoms with Gasteiger partial charge >= 0.3 is 0 Å². The summed E-state index contributed by atoms with van der Waals surface area (Å²) in [6, 6.07) is 13.5. The summed E-state index contributed by atoms with van der Waals surface area (Å²) in [4.78, 5) is 13.3. The largest absolute Gasteiger partial charge is 0.268 e. The SMILES string of the molecule is C=C(Cl)CSc1nnc2n(-c3ccc(C)cc3C)c(=O)c3ccccc3n12. The van der Waals surface area contributed by atoms with Crippen molar-refractivity contribution >= 4 is 40.0 Å². The van der Waals surface area contributed by atoms with Gasteiger partial charge in [0, 0.05) is 10.8 Å². The first-order valence-electron chi connectivity index (χ1n) is 8.40. The molecule has 2 aromatic heterocycles. The molecule has 0 saturated carbocycles. The first-order valence-corrected chi connectivity index (χ1v) is 9.76. The van der Waals surface area contributed by atoms with Gasteiger partial charge < -0.3 is 0 Å². The first kappa shape index (κ1) is 17.8. The van der Waals surface area contributed by atoms with Gasteiger partial charge in [-0.25, -0.2) is 4.57 Å². The molecule has 0 unspecified atom stereocenters. The summed E-state index contributed by atoms with van der Waals surface area (Å²) in [5.41, 5.74) is 3.59. The second-order valence-electron chi connectivity index (χ2n) is 6.37. The van der Waals surface area contributed by atoms with Crippen molar-refractivity contribution in [1.29, 1.82) is 0 Å². The molecule has 0 saturated heterocycles. The minimum atomic E-state index is -0.115. The molecular formula is C20H17ClN4OS. The minimum Gasteiger partial charge on any atom is -0.268 e. The van der Waals surface area contributed by atoms with Crippen LogP contribution in [0.2, 0.25) is 0 Å². The third kappa shape index (κ3) is 3.05. The van der Waals surface area contributed by atoms with Crippen LogP contribution in [0.1, 0.15) is 11.1 Å². The van der Waals surface area contributed by atoms with Crippen LogP contribution < -0.4 is 5.56 Å². The van der Waals surface area contributed by atoms with Crippen molar-refractivity contribution in [3.05, 3.63) is 75.6 Å². The van der Waals surface area contributed by atoms with Crippen LogP contribution >= 0.6 is 23.4 Å². The molecule has 2 heterocycles. The Labute approximate surface area is 165 Å². The average Bonchev–Trinajstić information content (AvgIpc) is 3.05. The predicted molar refractivity (Wildman–Crippen MR) is 111 cm³/mol. The number of hydrogen-bond acceptors (Lipinski definition) is 4. The monoisotopic (exact) mass is 396 g/mol. The zero-order valence-corrected chi connectivity index (χ0v) is 16.5. The van der Waals surface area contributed by atoms with E-state index in [-0.39, 0.29) is 5.56 Å². The van der Waals surface area contributed by atoms with Crippen LogP contribution in [0.3, 0.4) is 0 Å². The summed E-state index contributed by atoms with van der Waals surface area (Å²) in [5.74, 6) is 0.993. The molecular weight excluding hydrogens is 380 g/mol. The highest BCUT2D eigenvalue weighted by atomic mass is 35.5. The molecule has 5 nitrogen and oxygen atoms in total. The van der Waals surface area contributed by atoms with Gasteiger partial charge in [-0.1, -0.05) is 59.8 Å². The number of fused-ring (bicyclic) bond motifs is 3. The Morgan fingerprint density at radius 3 is 2.70 bits per heavy atom. The summed E-state index contributed by atoms with van der Waals surface area (Å²) in [6.45, 7) is 7.75. The molecule has 27 heavy (non-hydrogen) atoms. The molecule has 2 aromatic carbocycles. The van der Waals surface area contributed by atoms with Gasteiger partial charge in [0.25, 0.3) is 5.56 Å². The number of aromatic nitrogens is 4. The maximum absolute atomic E-state index is 13.3. The van der Waals surface area contributed by atoms with Gasteiger partial charge in [0.2, 0.25) is 5.78 Å². The third-order valence-electron chi connectivity index (χ3n) is 4.35. The van der Waals surface area contributed by atoms with Gasteiger partial charge in [-0.15, -0.1) is 10.2 Å². The van der Waals surface area contributed by atoms with Crippen LogP contribution in [-0.4, -0.2) is 24.9 Å². The van der Waals surface area contributed by atoms with Gasteiger partial charge in [0.1, 0.15) is 0 Å². The Balaban J connectivity index is 2.11. The number of para-hydroxylation sites is 1. The average molecular weight is 397 g/mol. The highest BCUT2D eigenvalue weighted by Gasteiger charge is 2.18. The lowest BCUT2D eigenvalue weighted by molar-refractivity contribution is 0.929. The topological polar surface area (TPSA) is 52.2 Å². The number of aryl methyl sites for hydroxylation is 2. The predicted octanol–water partition coefficient (Wildman–Crippen LogP) is 4.49. The fourth-order valence-electron chi connectivity index (χ4n) is 3.19. The zero-order valence-electron chi connectivity index (χ0n) is 14.9. The second-order valence-corrected chi connectivity index (χ2v) is 7.85. The van der Waals surface area contributed by atoms with Crippen LogP contribution in [0.15, 0.2) is 64.0 Å². The highest BCUT2D eigenvalue weighted by Crippen LogP contribution is 2.25. The Bertz CT molecular complexity index is 1260. The molecule has 4 rings (SSSR count). The van der Waals surface area contributed by atoms with Crippen molar-refractivity contribution in [1.82, 2.24) is 19.2 Å². The number of nitrogens with zero attached hydrogens (tertiary/aromatic N) is 4. The van der Waals surface area contributed by atoms with Crippen LogP contribution in [0, 0.1) is 13.8 Å². The lowest BCUT2D eigenvalue weighted by Gasteiger charge is -2.13. The number of rotatable bonds is 4. The van der Waals surface area contributed by atoms with Crippen molar-refractivity contribution in [2.45, 2.75) is 19.0 Å². The standard InChI is InChI=1S/C20H17ClN4OS/c1-12-8-9-16(13(2)10-12)24-18(26)15-6-4-5-7-17(15)25-19(24)22-23-20(25)27-11-14(3)21/h4-10H,3,11H2,1-2H3. The summed E-state index contributed by atoms with van der Waals surface area (Å²) in [5, 5.41) is 10.4. The van der Waals surface area contributed by atoms with E-state index in [0.29, 0.717) is 27.1 Å². The molecule has 0 aliphatic carbocycles. The van der Waals surface area contributed by atoms with E-state index in [1.165, 1.54) is 11.8 Å². The molecule has 4 aromatic rings. The molecule has 0 fully saturated rings. The van der Waals surface area contributed by atoms with Gasteiger partial charge in [-0.05, 0) is 37.6 Å². The van der Waals surface area contributed by atoms with Crippen molar-refractivity contribution in [2.24, 2.45) is 0 Å². The summed E-state index contributed by atoms with van der Waals surface area (Å²) in [6.07, 6.45) is 0. The van der Waals surface area contributed by atoms with Crippen molar-refractivity contribution < 1.29 is 0 Å². The lowest BCUT2D eigenvalue weighted by atomic mass is 10.1. The summed E-state index contributed by atoms with van der Waals surface area (Å²) in [7, 11) is 0. The van der Waals surface area contributed by atoms with E-state index >= 15 is 0 Å². The molecule has 0 amide bonds. The zero-order chi connectivity index (χ0) is 19.1. The van der Waals surface area contributed by atoms with Crippen LogP contribution in [0.25, 0.3) is 22.4 Å². The fraction of sp³-hybridized carbons (Fsp3) is 0.150. The smallest absolute Gasteiger partial charge is 0.267 e. The van der Waals surface area contributed by atoms with Crippen molar-refractivity contribution in [3.8, 4) is 5.69 Å². The van der Waals surface area contributed by atoms with E-state index < -0.39 is 0 Å². The van der Waals surface area contributed by atoms with Gasteiger partial charge in [0.15, 0.2) is 5.16 Å².